The Morgan fingerprint density at radius 1 is 0.902 bits per heavy atom. The number of hydrogen-bond donors (Lipinski definition) is 2. The Balaban J connectivity index is 1.16. The first-order chi connectivity index (χ1) is 24.2. The summed E-state index contributed by atoms with van der Waals surface area (Å²) in [6.45, 7) is 13.3. The van der Waals surface area contributed by atoms with Crippen LogP contribution in [-0.4, -0.2) is 41.8 Å². The van der Waals surface area contributed by atoms with E-state index in [1.807, 2.05) is 0 Å². The van der Waals surface area contributed by atoms with Gasteiger partial charge in [-0.25, -0.2) is 0 Å². The van der Waals surface area contributed by atoms with Gasteiger partial charge in [-0.1, -0.05) is 64.8 Å². The van der Waals surface area contributed by atoms with Crippen LogP contribution in [0.4, 0.5) is 0 Å². The van der Waals surface area contributed by atoms with Crippen molar-refractivity contribution in [3.8, 4) is 0 Å². The number of aliphatic hydroxyl groups is 1. The third-order valence-electron chi connectivity index (χ3n) is 19.9. The van der Waals surface area contributed by atoms with E-state index in [0.717, 1.165) is 58.0 Å². The summed E-state index contributed by atoms with van der Waals surface area (Å²) in [5.41, 5.74) is 3.21. The molecule has 0 radical (unpaired) electrons. The summed E-state index contributed by atoms with van der Waals surface area (Å²) in [4.78, 5) is 12.9. The number of ether oxygens (including phenoxy) is 2. The van der Waals surface area contributed by atoms with E-state index in [1.165, 1.54) is 75.3 Å². The van der Waals surface area contributed by atoms with Crippen molar-refractivity contribution in [1.82, 2.24) is 0 Å². The van der Waals surface area contributed by atoms with Gasteiger partial charge in [0.05, 0.1) is 18.1 Å². The smallest absolute Gasteiger partial charge is 0.309 e. The van der Waals surface area contributed by atoms with Gasteiger partial charge in [-0.05, 0) is 165 Å². The van der Waals surface area contributed by atoms with Gasteiger partial charge in [0, 0.05) is 24.9 Å². The lowest BCUT2D eigenvalue weighted by molar-refractivity contribution is -0.369. The summed E-state index contributed by atoms with van der Waals surface area (Å²) in [6, 6.07) is 9.21. The Labute approximate surface area is 308 Å². The molecule has 4 bridgehead atoms. The minimum atomic E-state index is -1.02. The van der Waals surface area contributed by atoms with Crippen LogP contribution < -0.4 is 0 Å². The number of fused-ring (bicyclic) bond motifs is 2. The van der Waals surface area contributed by atoms with Crippen LogP contribution in [0.1, 0.15) is 148 Å². The van der Waals surface area contributed by atoms with Gasteiger partial charge in [-0.15, -0.1) is 0 Å². The molecule has 8 aliphatic rings. The maximum atomic E-state index is 12.9. The number of aliphatic carboxylic acids is 1. The van der Waals surface area contributed by atoms with Crippen molar-refractivity contribution in [2.45, 2.75) is 162 Å². The molecule has 1 saturated heterocycles. The second kappa shape index (κ2) is 11.3. The second-order valence-electron chi connectivity index (χ2n) is 21.1. The molecule has 1 aliphatic heterocycles. The van der Waals surface area contributed by atoms with Crippen molar-refractivity contribution in [2.24, 2.45) is 67.5 Å². The molecule has 0 amide bonds. The predicted octanol–water partition coefficient (Wildman–Crippen LogP) is 10.0. The fourth-order valence-corrected chi connectivity index (χ4v) is 17.8. The number of rotatable bonds is 8. The summed E-state index contributed by atoms with van der Waals surface area (Å²) < 4.78 is 12.6. The monoisotopic (exact) mass is 701 g/mol. The fourth-order valence-electron chi connectivity index (χ4n) is 17.8. The standard InChI is InChI=1S/C46H68O5/c1-7-9-34-45-24-23-44-18-8-17-43(35-29-40(3,38(47)48)20-19-39(35,2)21-22-41(43,44)4)28-33-15-14-32(37(45)42(33,44)5)27-46(34,49)51-36(45)26-31-12-10-30(11-13-31)16-25-50-6/h10-13,32-37,49H,7-9,14-29H2,1-6H3,(H,47,48)/t32-,33+,34+,35+,36-,37-,39+,40+,41-,42-,43-,44+,45+,46-/m0/s1. The first-order valence-electron chi connectivity index (χ1n) is 21.4. The molecule has 8 fully saturated rings. The SMILES string of the molecule is CCC[C@@H]1[C@]23CC[C@@]45CCC[C@]6(C[C@H]7CC[C@@H](C[C@]1(O)O[C@H]2Cc1ccc(CCOC)cc1)[C@H]3[C@]74C)[C@@H]1C[C@](C)(C(=O)O)CC[C@]1(C)CC[C@@]65C. The summed E-state index contributed by atoms with van der Waals surface area (Å²) >= 11 is 0. The van der Waals surface area contributed by atoms with Crippen molar-refractivity contribution in [2.75, 3.05) is 13.7 Å². The van der Waals surface area contributed by atoms with E-state index in [9.17, 15) is 15.0 Å². The fraction of sp³-hybridized carbons (Fsp3) is 0.848. The van der Waals surface area contributed by atoms with E-state index in [1.54, 1.807) is 7.11 Å². The van der Waals surface area contributed by atoms with E-state index in [-0.39, 0.29) is 44.5 Å². The number of carboxylic acid groups (broad SMARTS) is 1. The second-order valence-corrected chi connectivity index (χ2v) is 21.1. The van der Waals surface area contributed by atoms with Crippen LogP contribution in [0.15, 0.2) is 24.3 Å². The highest BCUT2D eigenvalue weighted by atomic mass is 16.6. The first-order valence-corrected chi connectivity index (χ1v) is 21.4. The summed E-state index contributed by atoms with van der Waals surface area (Å²) in [7, 11) is 1.77. The van der Waals surface area contributed by atoms with E-state index < -0.39 is 17.2 Å². The van der Waals surface area contributed by atoms with Gasteiger partial charge in [0.15, 0.2) is 5.79 Å². The molecule has 9 rings (SSSR count). The third-order valence-corrected chi connectivity index (χ3v) is 19.9. The van der Waals surface area contributed by atoms with Crippen molar-refractivity contribution < 1.29 is 24.5 Å². The Hall–Kier alpha value is -1.43. The van der Waals surface area contributed by atoms with Gasteiger partial charge >= 0.3 is 5.97 Å². The molecule has 14 atom stereocenters. The van der Waals surface area contributed by atoms with Gasteiger partial charge in [0.25, 0.3) is 0 Å². The molecule has 2 N–H and O–H groups in total. The zero-order valence-electron chi connectivity index (χ0n) is 32.8. The molecular weight excluding hydrogens is 633 g/mol. The van der Waals surface area contributed by atoms with E-state index in [4.69, 9.17) is 9.47 Å². The maximum absolute atomic E-state index is 12.9. The van der Waals surface area contributed by atoms with Crippen LogP contribution in [-0.2, 0) is 27.1 Å². The highest BCUT2D eigenvalue weighted by Crippen LogP contribution is 2.90. The molecule has 1 aromatic carbocycles. The molecule has 7 aliphatic carbocycles. The van der Waals surface area contributed by atoms with E-state index >= 15 is 0 Å². The molecule has 5 nitrogen and oxygen atoms in total. The Kier molecular flexibility index (Phi) is 7.83. The lowest BCUT2D eigenvalue weighted by Gasteiger charge is -2.85. The topological polar surface area (TPSA) is 76.0 Å². The van der Waals surface area contributed by atoms with Crippen LogP contribution in [0, 0.1) is 67.5 Å². The van der Waals surface area contributed by atoms with Gasteiger partial charge in [-0.3, -0.25) is 4.79 Å². The molecular formula is C46H68O5. The van der Waals surface area contributed by atoms with Gasteiger partial charge < -0.3 is 19.7 Å². The van der Waals surface area contributed by atoms with Crippen molar-refractivity contribution in [1.29, 1.82) is 0 Å². The molecule has 51 heavy (non-hydrogen) atoms. The van der Waals surface area contributed by atoms with Gasteiger partial charge in [0.2, 0.25) is 0 Å². The lowest BCUT2D eigenvalue weighted by atomic mass is 9.19. The molecule has 1 heterocycles. The van der Waals surface area contributed by atoms with Crippen LogP contribution in [0.25, 0.3) is 0 Å². The highest BCUT2D eigenvalue weighted by molar-refractivity contribution is 5.74. The Morgan fingerprint density at radius 2 is 1.65 bits per heavy atom. The number of benzene rings is 1. The lowest BCUT2D eigenvalue weighted by Crippen LogP contribution is -2.79. The van der Waals surface area contributed by atoms with Crippen LogP contribution >= 0.6 is 0 Å². The van der Waals surface area contributed by atoms with Crippen LogP contribution in [0.3, 0.4) is 0 Å². The number of hydrogen-bond acceptors (Lipinski definition) is 4. The zero-order chi connectivity index (χ0) is 35.9. The van der Waals surface area contributed by atoms with Gasteiger partial charge in [0.1, 0.15) is 0 Å². The minimum absolute atomic E-state index is 0.00915. The molecule has 0 unspecified atom stereocenters. The molecule has 282 valence electrons. The molecule has 0 aromatic heterocycles. The number of carboxylic acids is 1. The molecule has 2 spiro atoms. The highest BCUT2D eigenvalue weighted by Gasteiger charge is 2.85. The Morgan fingerprint density at radius 3 is 2.37 bits per heavy atom. The zero-order valence-corrected chi connectivity index (χ0v) is 32.8. The average molecular weight is 701 g/mol. The number of methoxy groups -OCH3 is 1. The van der Waals surface area contributed by atoms with E-state index in [0.29, 0.717) is 23.7 Å². The third kappa shape index (κ3) is 4.19. The summed E-state index contributed by atoms with van der Waals surface area (Å²) in [5, 5.41) is 23.3. The van der Waals surface area contributed by atoms with Crippen molar-refractivity contribution in [3.63, 3.8) is 0 Å². The van der Waals surface area contributed by atoms with Crippen LogP contribution in [0.5, 0.6) is 0 Å². The summed E-state index contributed by atoms with van der Waals surface area (Å²) in [6.07, 6.45) is 20.3. The number of carbonyl (C=O) groups is 1. The predicted molar refractivity (Wildman–Crippen MR) is 200 cm³/mol. The maximum Gasteiger partial charge on any atom is 0.309 e. The Bertz CT molecular complexity index is 1560. The van der Waals surface area contributed by atoms with E-state index in [2.05, 4.69) is 58.9 Å². The van der Waals surface area contributed by atoms with Crippen LogP contribution in [0.2, 0.25) is 0 Å². The normalized spacial score (nSPS) is 53.5. The molecule has 1 aromatic rings. The van der Waals surface area contributed by atoms with Gasteiger partial charge in [-0.2, -0.15) is 0 Å². The average Bonchev–Trinajstić information content (AvgIpc) is 3.23. The summed E-state index contributed by atoms with van der Waals surface area (Å²) in [5.74, 6) is 0.862. The molecule has 5 heteroatoms. The van der Waals surface area contributed by atoms with Crippen molar-refractivity contribution >= 4 is 5.97 Å². The molecule has 7 saturated carbocycles. The minimum Gasteiger partial charge on any atom is -0.481 e. The first kappa shape index (κ1) is 35.3. The quantitative estimate of drug-likeness (QED) is 0.282. The largest absolute Gasteiger partial charge is 0.481 e. The van der Waals surface area contributed by atoms with Crippen molar-refractivity contribution in [3.05, 3.63) is 35.4 Å².